The van der Waals surface area contributed by atoms with Crippen molar-refractivity contribution in [1.29, 1.82) is 0 Å². The Hall–Kier alpha value is -3.33. The number of amides is 2. The summed E-state index contributed by atoms with van der Waals surface area (Å²) in [5, 5.41) is 9.76. The van der Waals surface area contributed by atoms with Crippen molar-refractivity contribution in [2.24, 2.45) is 5.92 Å². The normalized spacial score (nSPS) is 16.5. The Morgan fingerprint density at radius 3 is 2.40 bits per heavy atom. The second kappa shape index (κ2) is 10.1. The molecule has 4 rings (SSSR count). The number of anilines is 1. The standard InChI is InChI=1S/C25H25ClF2N4O3/c1-14-19(13-35-32-14)23(33)31-22(17-7-10-25(27,28)11-8-17)24(34)30-18-5-3-16(4-6-18)21-15(2)29-12-9-20(21)26/h3-6,9,12-13,17,22H,7-8,10-11H2,1-2H3,(H,30,34)(H,31,33)/t22-/m0/s1. The molecule has 1 aliphatic carbocycles. The van der Waals surface area contributed by atoms with Gasteiger partial charge >= 0.3 is 0 Å². The highest BCUT2D eigenvalue weighted by atomic mass is 35.5. The highest BCUT2D eigenvalue weighted by Gasteiger charge is 2.40. The number of hydrogen-bond donors (Lipinski definition) is 2. The van der Waals surface area contributed by atoms with E-state index in [0.717, 1.165) is 16.8 Å². The Kier molecular flexibility index (Phi) is 7.16. The Morgan fingerprint density at radius 1 is 1.11 bits per heavy atom. The van der Waals surface area contributed by atoms with E-state index in [1.54, 1.807) is 43.5 Å². The third-order valence-corrected chi connectivity index (χ3v) is 6.64. The van der Waals surface area contributed by atoms with Crippen LogP contribution in [0.4, 0.5) is 14.5 Å². The zero-order chi connectivity index (χ0) is 25.2. The minimum Gasteiger partial charge on any atom is -0.364 e. The third kappa shape index (κ3) is 5.67. The first-order chi connectivity index (χ1) is 16.6. The molecule has 3 aromatic rings. The van der Waals surface area contributed by atoms with Gasteiger partial charge in [0, 0.05) is 36.0 Å². The monoisotopic (exact) mass is 502 g/mol. The number of aryl methyl sites for hydroxylation is 2. The van der Waals surface area contributed by atoms with Crippen LogP contribution in [-0.4, -0.2) is 33.9 Å². The van der Waals surface area contributed by atoms with Crippen molar-refractivity contribution in [3.8, 4) is 11.1 Å². The summed E-state index contributed by atoms with van der Waals surface area (Å²) in [6.07, 6.45) is 2.40. The SMILES string of the molecule is Cc1nocc1C(=O)N[C@H](C(=O)Nc1ccc(-c2c(Cl)ccnc2C)cc1)C1CCC(F)(F)CC1. The van der Waals surface area contributed by atoms with Crippen LogP contribution >= 0.6 is 11.6 Å². The number of alkyl halides is 2. The van der Waals surface area contributed by atoms with Gasteiger partial charge < -0.3 is 15.2 Å². The van der Waals surface area contributed by atoms with Crippen molar-refractivity contribution >= 4 is 29.1 Å². The molecule has 1 aromatic carbocycles. The zero-order valence-electron chi connectivity index (χ0n) is 19.3. The molecule has 10 heteroatoms. The summed E-state index contributed by atoms with van der Waals surface area (Å²) in [5.41, 5.74) is 3.47. The summed E-state index contributed by atoms with van der Waals surface area (Å²) < 4.78 is 32.3. The maximum absolute atomic E-state index is 13.7. The summed E-state index contributed by atoms with van der Waals surface area (Å²) in [6.45, 7) is 3.46. The maximum atomic E-state index is 13.7. The number of nitrogens with one attached hydrogen (secondary N) is 2. The van der Waals surface area contributed by atoms with E-state index >= 15 is 0 Å². The second-order valence-corrected chi connectivity index (χ2v) is 9.19. The first-order valence-corrected chi connectivity index (χ1v) is 11.6. The average molecular weight is 503 g/mol. The van der Waals surface area contributed by atoms with E-state index in [-0.39, 0.29) is 31.2 Å². The molecule has 1 atom stereocenters. The van der Waals surface area contributed by atoms with E-state index in [0.29, 0.717) is 16.4 Å². The van der Waals surface area contributed by atoms with Crippen molar-refractivity contribution in [1.82, 2.24) is 15.5 Å². The Balaban J connectivity index is 1.52. The quantitative estimate of drug-likeness (QED) is 0.459. The number of benzene rings is 1. The molecule has 0 saturated heterocycles. The number of nitrogens with zero attached hydrogens (tertiary/aromatic N) is 2. The van der Waals surface area contributed by atoms with Crippen LogP contribution in [0.3, 0.4) is 0 Å². The summed E-state index contributed by atoms with van der Waals surface area (Å²) in [6, 6.07) is 7.75. The van der Waals surface area contributed by atoms with Gasteiger partial charge in [0.15, 0.2) is 0 Å². The van der Waals surface area contributed by atoms with Gasteiger partial charge in [-0.3, -0.25) is 14.6 Å². The van der Waals surface area contributed by atoms with Crippen molar-refractivity contribution in [2.45, 2.75) is 51.5 Å². The molecule has 0 spiro atoms. The lowest BCUT2D eigenvalue weighted by Crippen LogP contribution is -2.50. The molecule has 0 radical (unpaired) electrons. The van der Waals surface area contributed by atoms with Crippen molar-refractivity contribution in [3.05, 3.63) is 64.8 Å². The van der Waals surface area contributed by atoms with Gasteiger partial charge in [0.25, 0.3) is 5.91 Å². The number of carbonyl (C=O) groups is 2. The van der Waals surface area contributed by atoms with Crippen molar-refractivity contribution in [3.63, 3.8) is 0 Å². The van der Waals surface area contributed by atoms with Crippen LogP contribution in [-0.2, 0) is 4.79 Å². The average Bonchev–Trinajstić information content (AvgIpc) is 3.24. The zero-order valence-corrected chi connectivity index (χ0v) is 20.0. The van der Waals surface area contributed by atoms with Gasteiger partial charge in [-0.15, -0.1) is 0 Å². The fourth-order valence-electron chi connectivity index (χ4n) is 4.34. The van der Waals surface area contributed by atoms with Gasteiger partial charge in [0.2, 0.25) is 11.8 Å². The number of rotatable bonds is 6. The minimum atomic E-state index is -2.76. The number of pyridine rings is 1. The largest absolute Gasteiger partial charge is 0.364 e. The van der Waals surface area contributed by atoms with Gasteiger partial charge in [0.05, 0.1) is 10.7 Å². The summed E-state index contributed by atoms with van der Waals surface area (Å²) >= 11 is 6.32. The van der Waals surface area contributed by atoms with Crippen LogP contribution in [0.1, 0.15) is 47.4 Å². The molecule has 35 heavy (non-hydrogen) atoms. The molecule has 1 fully saturated rings. The van der Waals surface area contributed by atoms with Gasteiger partial charge in [-0.2, -0.15) is 0 Å². The van der Waals surface area contributed by atoms with Crippen molar-refractivity contribution < 1.29 is 22.9 Å². The van der Waals surface area contributed by atoms with Crippen LogP contribution in [0.15, 0.2) is 47.3 Å². The predicted molar refractivity (Wildman–Crippen MR) is 127 cm³/mol. The van der Waals surface area contributed by atoms with Crippen LogP contribution in [0.2, 0.25) is 5.02 Å². The number of halogens is 3. The van der Waals surface area contributed by atoms with Crippen LogP contribution in [0.5, 0.6) is 0 Å². The first-order valence-electron chi connectivity index (χ1n) is 11.3. The highest BCUT2D eigenvalue weighted by molar-refractivity contribution is 6.33. The lowest BCUT2D eigenvalue weighted by atomic mass is 9.81. The molecule has 2 N–H and O–H groups in total. The molecule has 2 aromatic heterocycles. The van der Waals surface area contributed by atoms with E-state index in [2.05, 4.69) is 20.8 Å². The summed E-state index contributed by atoms with van der Waals surface area (Å²) in [7, 11) is 0. The molecule has 0 unspecified atom stereocenters. The highest BCUT2D eigenvalue weighted by Crippen LogP contribution is 2.38. The van der Waals surface area contributed by atoms with Gasteiger partial charge in [-0.1, -0.05) is 28.9 Å². The fraction of sp³-hybridized carbons (Fsp3) is 0.360. The lowest BCUT2D eigenvalue weighted by molar-refractivity contribution is -0.121. The maximum Gasteiger partial charge on any atom is 0.257 e. The van der Waals surface area contributed by atoms with Gasteiger partial charge in [-0.25, -0.2) is 8.78 Å². The summed E-state index contributed by atoms with van der Waals surface area (Å²) in [5.74, 6) is -4.21. The molecule has 0 bridgehead atoms. The van der Waals surface area contributed by atoms with Crippen molar-refractivity contribution in [2.75, 3.05) is 5.32 Å². The van der Waals surface area contributed by atoms with E-state index in [9.17, 15) is 18.4 Å². The van der Waals surface area contributed by atoms with Crippen LogP contribution in [0, 0.1) is 19.8 Å². The smallest absolute Gasteiger partial charge is 0.257 e. The van der Waals surface area contributed by atoms with Crippen LogP contribution in [0.25, 0.3) is 11.1 Å². The molecule has 0 aliphatic heterocycles. The van der Waals surface area contributed by atoms with Gasteiger partial charge in [0.1, 0.15) is 17.9 Å². The number of aromatic nitrogens is 2. The molecular weight excluding hydrogens is 478 g/mol. The molecule has 1 saturated carbocycles. The molecule has 2 heterocycles. The summed E-state index contributed by atoms with van der Waals surface area (Å²) in [4.78, 5) is 30.3. The minimum absolute atomic E-state index is 0.117. The molecule has 2 amide bonds. The molecule has 1 aliphatic rings. The van der Waals surface area contributed by atoms with E-state index in [1.165, 1.54) is 6.26 Å². The third-order valence-electron chi connectivity index (χ3n) is 6.33. The second-order valence-electron chi connectivity index (χ2n) is 8.78. The van der Waals surface area contributed by atoms with E-state index < -0.39 is 29.7 Å². The molecule has 184 valence electrons. The lowest BCUT2D eigenvalue weighted by Gasteiger charge is -2.33. The fourth-order valence-corrected chi connectivity index (χ4v) is 4.65. The van der Waals surface area contributed by atoms with Gasteiger partial charge in [-0.05, 0) is 56.4 Å². The van der Waals surface area contributed by atoms with E-state index in [1.807, 2.05) is 6.92 Å². The predicted octanol–water partition coefficient (Wildman–Crippen LogP) is 5.57. The molecular formula is C25H25ClF2N4O3. The Morgan fingerprint density at radius 2 is 1.80 bits per heavy atom. The van der Waals surface area contributed by atoms with E-state index in [4.69, 9.17) is 16.1 Å². The van der Waals surface area contributed by atoms with Crippen LogP contribution < -0.4 is 10.6 Å². The Labute approximate surface area is 206 Å². The number of hydrogen-bond acceptors (Lipinski definition) is 5. The number of carbonyl (C=O) groups excluding carboxylic acids is 2. The Bertz CT molecular complexity index is 1200. The molecule has 7 nitrogen and oxygen atoms in total. The first kappa shape index (κ1) is 24.8. The topological polar surface area (TPSA) is 97.1 Å².